The molecule has 1 atom stereocenters. The highest BCUT2D eigenvalue weighted by Gasteiger charge is 2.10. The number of rotatable bonds is 6. The van der Waals surface area contributed by atoms with Crippen LogP contribution in [-0.2, 0) is 13.0 Å². The number of nitrogens with zero attached hydrogens (tertiary/aromatic N) is 1. The van der Waals surface area contributed by atoms with Gasteiger partial charge in [-0.2, -0.15) is 0 Å². The van der Waals surface area contributed by atoms with Gasteiger partial charge in [-0.15, -0.1) is 0 Å². The van der Waals surface area contributed by atoms with Crippen LogP contribution >= 0.6 is 0 Å². The molecular formula is C19H26N2. The summed E-state index contributed by atoms with van der Waals surface area (Å²) in [5, 5.41) is 0. The molecule has 0 aliphatic heterocycles. The molecule has 0 saturated heterocycles. The maximum Gasteiger partial charge on any atom is 0.0424 e. The van der Waals surface area contributed by atoms with Crippen LogP contribution < -0.4 is 5.73 Å². The van der Waals surface area contributed by atoms with Gasteiger partial charge in [0.1, 0.15) is 0 Å². The second-order valence-electron chi connectivity index (χ2n) is 5.82. The molecule has 112 valence electrons. The third-order valence-electron chi connectivity index (χ3n) is 4.03. The summed E-state index contributed by atoms with van der Waals surface area (Å²) in [6.07, 6.45) is 1.07. The maximum atomic E-state index is 6.34. The molecule has 0 saturated carbocycles. The van der Waals surface area contributed by atoms with Gasteiger partial charge in [0, 0.05) is 19.1 Å². The molecule has 0 amide bonds. The fraction of sp³-hybridized carbons (Fsp3) is 0.368. The first-order chi connectivity index (χ1) is 10.1. The van der Waals surface area contributed by atoms with Crippen molar-refractivity contribution in [1.29, 1.82) is 0 Å². The van der Waals surface area contributed by atoms with Crippen LogP contribution in [0.2, 0.25) is 0 Å². The fourth-order valence-corrected chi connectivity index (χ4v) is 2.58. The predicted molar refractivity (Wildman–Crippen MR) is 90.3 cm³/mol. The normalized spacial score (nSPS) is 12.6. The average Bonchev–Trinajstić information content (AvgIpc) is 2.49. The maximum absolute atomic E-state index is 6.34. The van der Waals surface area contributed by atoms with Crippen molar-refractivity contribution in [1.82, 2.24) is 4.90 Å². The first-order valence-corrected chi connectivity index (χ1v) is 7.67. The van der Waals surface area contributed by atoms with Crippen LogP contribution in [0.3, 0.4) is 0 Å². The Bertz CT molecular complexity index is 560. The summed E-state index contributed by atoms with van der Waals surface area (Å²) >= 11 is 0. The van der Waals surface area contributed by atoms with E-state index in [1.165, 1.54) is 22.3 Å². The van der Waals surface area contributed by atoms with Gasteiger partial charge in [-0.1, -0.05) is 55.5 Å². The molecular weight excluding hydrogens is 256 g/mol. The Morgan fingerprint density at radius 1 is 1.05 bits per heavy atom. The third kappa shape index (κ3) is 4.42. The molecule has 2 heteroatoms. The molecule has 2 nitrogen and oxygen atoms in total. The lowest BCUT2D eigenvalue weighted by molar-refractivity contribution is 0.304. The largest absolute Gasteiger partial charge is 0.323 e. The summed E-state index contributed by atoms with van der Waals surface area (Å²) in [5.41, 5.74) is 11.6. The highest BCUT2D eigenvalue weighted by molar-refractivity contribution is 5.26. The van der Waals surface area contributed by atoms with Crippen LogP contribution in [0.15, 0.2) is 48.5 Å². The van der Waals surface area contributed by atoms with Gasteiger partial charge in [0.25, 0.3) is 0 Å². The molecule has 2 N–H and O–H groups in total. The van der Waals surface area contributed by atoms with E-state index in [1.54, 1.807) is 0 Å². The number of aryl methyl sites for hydroxylation is 2. The van der Waals surface area contributed by atoms with E-state index in [0.29, 0.717) is 0 Å². The zero-order valence-electron chi connectivity index (χ0n) is 13.3. The molecule has 0 spiro atoms. The number of likely N-dealkylation sites (N-methyl/N-ethyl adjacent to an activating group) is 1. The molecule has 2 aromatic rings. The fourth-order valence-electron chi connectivity index (χ4n) is 2.58. The van der Waals surface area contributed by atoms with E-state index < -0.39 is 0 Å². The van der Waals surface area contributed by atoms with Crippen molar-refractivity contribution in [3.63, 3.8) is 0 Å². The van der Waals surface area contributed by atoms with Crippen molar-refractivity contribution in [3.05, 3.63) is 70.8 Å². The van der Waals surface area contributed by atoms with Crippen LogP contribution in [-0.4, -0.2) is 18.5 Å². The zero-order chi connectivity index (χ0) is 15.2. The number of benzene rings is 2. The average molecular weight is 282 g/mol. The molecule has 21 heavy (non-hydrogen) atoms. The minimum Gasteiger partial charge on any atom is -0.323 e. The van der Waals surface area contributed by atoms with Crippen LogP contribution in [0.25, 0.3) is 0 Å². The first kappa shape index (κ1) is 15.7. The molecule has 1 unspecified atom stereocenters. The molecule has 0 radical (unpaired) electrons. The summed E-state index contributed by atoms with van der Waals surface area (Å²) in [4.78, 5) is 2.29. The molecule has 0 aliphatic rings. The van der Waals surface area contributed by atoms with Crippen molar-refractivity contribution in [2.24, 2.45) is 5.73 Å². The van der Waals surface area contributed by atoms with Crippen molar-refractivity contribution >= 4 is 0 Å². The Hall–Kier alpha value is -1.64. The molecule has 0 aliphatic carbocycles. The third-order valence-corrected chi connectivity index (χ3v) is 4.03. The number of nitrogens with two attached hydrogens (primary N) is 1. The summed E-state index contributed by atoms with van der Waals surface area (Å²) in [7, 11) is 2.13. The summed E-state index contributed by atoms with van der Waals surface area (Å²) in [6.45, 7) is 6.13. The van der Waals surface area contributed by atoms with Gasteiger partial charge >= 0.3 is 0 Å². The van der Waals surface area contributed by atoms with E-state index in [-0.39, 0.29) is 6.04 Å². The van der Waals surface area contributed by atoms with E-state index in [0.717, 1.165) is 19.5 Å². The number of hydrogen-bond acceptors (Lipinski definition) is 2. The van der Waals surface area contributed by atoms with Crippen molar-refractivity contribution < 1.29 is 0 Å². The molecule has 2 rings (SSSR count). The van der Waals surface area contributed by atoms with Gasteiger partial charge < -0.3 is 10.6 Å². The van der Waals surface area contributed by atoms with Gasteiger partial charge in [0.15, 0.2) is 0 Å². The van der Waals surface area contributed by atoms with Crippen molar-refractivity contribution in [2.45, 2.75) is 32.9 Å². The molecule has 0 fully saturated rings. The quantitative estimate of drug-likeness (QED) is 0.875. The molecule has 0 bridgehead atoms. The monoisotopic (exact) mass is 282 g/mol. The van der Waals surface area contributed by atoms with Gasteiger partial charge in [-0.05, 0) is 42.6 Å². The van der Waals surface area contributed by atoms with Gasteiger partial charge in [-0.3, -0.25) is 0 Å². The summed E-state index contributed by atoms with van der Waals surface area (Å²) in [6, 6.07) is 17.3. The minimum atomic E-state index is 0.0601. The second kappa shape index (κ2) is 7.39. The second-order valence-corrected chi connectivity index (χ2v) is 5.82. The Morgan fingerprint density at radius 2 is 1.71 bits per heavy atom. The van der Waals surface area contributed by atoms with Crippen LogP contribution in [0.1, 0.15) is 35.2 Å². The van der Waals surface area contributed by atoms with Gasteiger partial charge in [-0.25, -0.2) is 0 Å². The predicted octanol–water partition coefficient (Wildman–Crippen LogP) is 3.69. The van der Waals surface area contributed by atoms with Crippen LogP contribution in [0.5, 0.6) is 0 Å². The van der Waals surface area contributed by atoms with Gasteiger partial charge in [0.05, 0.1) is 0 Å². The van der Waals surface area contributed by atoms with E-state index in [9.17, 15) is 0 Å². The van der Waals surface area contributed by atoms with Gasteiger partial charge in [0.2, 0.25) is 0 Å². The summed E-state index contributed by atoms with van der Waals surface area (Å²) in [5.74, 6) is 0. The highest BCUT2D eigenvalue weighted by atomic mass is 15.1. The topological polar surface area (TPSA) is 29.3 Å². The minimum absolute atomic E-state index is 0.0601. The lowest BCUT2D eigenvalue weighted by Crippen LogP contribution is -2.29. The zero-order valence-corrected chi connectivity index (χ0v) is 13.3. The van der Waals surface area contributed by atoms with E-state index in [4.69, 9.17) is 5.73 Å². The van der Waals surface area contributed by atoms with E-state index in [2.05, 4.69) is 74.3 Å². The Morgan fingerprint density at radius 3 is 2.33 bits per heavy atom. The van der Waals surface area contributed by atoms with Crippen molar-refractivity contribution in [2.75, 3.05) is 13.6 Å². The summed E-state index contributed by atoms with van der Waals surface area (Å²) < 4.78 is 0. The van der Waals surface area contributed by atoms with E-state index >= 15 is 0 Å². The highest BCUT2D eigenvalue weighted by Crippen LogP contribution is 2.15. The molecule has 2 aromatic carbocycles. The Balaban J connectivity index is 1.95. The number of hydrogen-bond donors (Lipinski definition) is 1. The van der Waals surface area contributed by atoms with Crippen LogP contribution in [0.4, 0.5) is 0 Å². The molecule has 0 heterocycles. The lowest BCUT2D eigenvalue weighted by Gasteiger charge is -2.22. The lowest BCUT2D eigenvalue weighted by atomic mass is 10.0. The standard InChI is InChI=1S/C19H26N2/c1-4-16-9-11-17(12-10-16)19(20)14-21(3)13-18-8-6-5-7-15(18)2/h5-12,19H,4,13-14,20H2,1-3H3. The smallest absolute Gasteiger partial charge is 0.0424 e. The SMILES string of the molecule is CCc1ccc(C(N)CN(C)Cc2ccccc2C)cc1. The van der Waals surface area contributed by atoms with Crippen LogP contribution in [0, 0.1) is 6.92 Å². The molecule has 0 aromatic heterocycles. The van der Waals surface area contributed by atoms with E-state index in [1.807, 2.05) is 0 Å². The van der Waals surface area contributed by atoms with Crippen molar-refractivity contribution in [3.8, 4) is 0 Å². The first-order valence-electron chi connectivity index (χ1n) is 7.67. The Kier molecular flexibility index (Phi) is 5.54. The Labute approximate surface area is 128 Å².